The van der Waals surface area contributed by atoms with Crippen LogP contribution in [0.2, 0.25) is 5.02 Å². The van der Waals surface area contributed by atoms with Crippen LogP contribution in [0, 0.1) is 0 Å². The van der Waals surface area contributed by atoms with Crippen molar-refractivity contribution in [2.24, 2.45) is 5.84 Å². The summed E-state index contributed by atoms with van der Waals surface area (Å²) in [5.74, 6) is 5.07. The van der Waals surface area contributed by atoms with E-state index in [2.05, 4.69) is 15.8 Å². The van der Waals surface area contributed by atoms with E-state index >= 15 is 0 Å². The number of amides is 1. The minimum absolute atomic E-state index is 0.300. The third kappa shape index (κ3) is 3.04. The lowest BCUT2D eigenvalue weighted by Gasteiger charge is -2.08. The number of nitrogens with two attached hydrogens (primary N) is 1. The van der Waals surface area contributed by atoms with Gasteiger partial charge in [-0.1, -0.05) is 11.6 Å². The summed E-state index contributed by atoms with van der Waals surface area (Å²) in [6, 6.07) is 4.85. The smallest absolute Gasteiger partial charge is 0.257 e. The number of nitrogens with zero attached hydrogens (tertiary/aromatic N) is 2. The highest BCUT2D eigenvalue weighted by Crippen LogP contribution is 2.21. The summed E-state index contributed by atoms with van der Waals surface area (Å²) in [7, 11) is 0. The lowest BCUT2D eigenvalue weighted by molar-refractivity contribution is 0.102. The second kappa shape index (κ2) is 5.73. The van der Waals surface area contributed by atoms with Gasteiger partial charge in [0.15, 0.2) is 0 Å². The SMILES string of the molecule is CCn1cc(NC(=O)c2cc(Cl)ccc2NN)cn1. The monoisotopic (exact) mass is 279 g/mol. The average Bonchev–Trinajstić information content (AvgIpc) is 2.86. The molecule has 0 saturated heterocycles. The average molecular weight is 280 g/mol. The summed E-state index contributed by atoms with van der Waals surface area (Å²) < 4.78 is 1.72. The fourth-order valence-electron chi connectivity index (χ4n) is 1.63. The predicted octanol–water partition coefficient (Wildman–Crippen LogP) is 2.09. The molecule has 0 aliphatic carbocycles. The summed E-state index contributed by atoms with van der Waals surface area (Å²) in [5, 5.41) is 7.28. The van der Waals surface area contributed by atoms with Gasteiger partial charge in [-0.25, -0.2) is 0 Å². The topological polar surface area (TPSA) is 85.0 Å². The van der Waals surface area contributed by atoms with E-state index in [1.165, 1.54) is 0 Å². The molecule has 2 aromatic rings. The molecule has 0 aliphatic rings. The van der Waals surface area contributed by atoms with E-state index < -0.39 is 0 Å². The zero-order valence-corrected chi connectivity index (χ0v) is 11.1. The summed E-state index contributed by atoms with van der Waals surface area (Å²) in [5.41, 5.74) is 3.96. The molecule has 1 amide bonds. The van der Waals surface area contributed by atoms with Crippen LogP contribution in [0.5, 0.6) is 0 Å². The van der Waals surface area contributed by atoms with Crippen LogP contribution in [0.15, 0.2) is 30.6 Å². The first kappa shape index (κ1) is 13.4. The number of carbonyl (C=O) groups excluding carboxylic acids is 1. The first-order valence-corrected chi connectivity index (χ1v) is 6.11. The van der Waals surface area contributed by atoms with Gasteiger partial charge in [0.1, 0.15) is 0 Å². The molecule has 0 unspecified atom stereocenters. The number of carbonyl (C=O) groups is 1. The molecule has 0 radical (unpaired) electrons. The van der Waals surface area contributed by atoms with Crippen LogP contribution in [-0.2, 0) is 6.54 Å². The second-order valence-corrected chi connectivity index (χ2v) is 4.31. The number of hydrogen-bond donors (Lipinski definition) is 3. The Balaban J connectivity index is 2.21. The third-order valence-electron chi connectivity index (χ3n) is 2.60. The van der Waals surface area contributed by atoms with Crippen LogP contribution < -0.4 is 16.6 Å². The van der Waals surface area contributed by atoms with Crippen molar-refractivity contribution in [2.75, 3.05) is 10.7 Å². The second-order valence-electron chi connectivity index (χ2n) is 3.87. The Morgan fingerprint density at radius 1 is 1.53 bits per heavy atom. The molecule has 100 valence electrons. The normalized spacial score (nSPS) is 10.3. The Bertz CT molecular complexity index is 596. The number of anilines is 2. The fraction of sp³-hybridized carbons (Fsp3) is 0.167. The maximum absolute atomic E-state index is 12.1. The van der Waals surface area contributed by atoms with E-state index in [1.54, 1.807) is 35.3 Å². The number of hydrogen-bond acceptors (Lipinski definition) is 4. The highest BCUT2D eigenvalue weighted by atomic mass is 35.5. The molecule has 0 aliphatic heterocycles. The molecule has 1 aromatic heterocycles. The van der Waals surface area contributed by atoms with Gasteiger partial charge in [0.25, 0.3) is 5.91 Å². The number of aromatic nitrogens is 2. The molecule has 7 heteroatoms. The summed E-state index contributed by atoms with van der Waals surface area (Å²) in [4.78, 5) is 12.1. The van der Waals surface area contributed by atoms with Crippen LogP contribution in [-0.4, -0.2) is 15.7 Å². The lowest BCUT2D eigenvalue weighted by atomic mass is 10.1. The van der Waals surface area contributed by atoms with E-state index in [9.17, 15) is 4.79 Å². The molecular weight excluding hydrogens is 266 g/mol. The van der Waals surface area contributed by atoms with Gasteiger partial charge in [0.2, 0.25) is 0 Å². The largest absolute Gasteiger partial charge is 0.323 e. The zero-order valence-electron chi connectivity index (χ0n) is 10.4. The van der Waals surface area contributed by atoms with Crippen molar-refractivity contribution in [3.8, 4) is 0 Å². The van der Waals surface area contributed by atoms with Crippen LogP contribution in [0.3, 0.4) is 0 Å². The van der Waals surface area contributed by atoms with Gasteiger partial charge >= 0.3 is 0 Å². The number of aryl methyl sites for hydroxylation is 1. The molecule has 1 heterocycles. The fourth-order valence-corrected chi connectivity index (χ4v) is 1.80. The van der Waals surface area contributed by atoms with Gasteiger partial charge < -0.3 is 10.7 Å². The summed E-state index contributed by atoms with van der Waals surface area (Å²) >= 11 is 5.88. The maximum atomic E-state index is 12.1. The first-order chi connectivity index (χ1) is 9.13. The molecular formula is C12H14ClN5O. The van der Waals surface area contributed by atoms with E-state index in [0.717, 1.165) is 6.54 Å². The van der Waals surface area contributed by atoms with Crippen LogP contribution >= 0.6 is 11.6 Å². The molecule has 0 atom stereocenters. The van der Waals surface area contributed by atoms with Crippen molar-refractivity contribution >= 4 is 28.9 Å². The predicted molar refractivity (Wildman–Crippen MR) is 75.1 cm³/mol. The van der Waals surface area contributed by atoms with E-state index in [4.69, 9.17) is 17.4 Å². The van der Waals surface area contributed by atoms with Gasteiger partial charge in [-0.05, 0) is 25.1 Å². The van der Waals surface area contributed by atoms with Gasteiger partial charge in [-0.15, -0.1) is 0 Å². The van der Waals surface area contributed by atoms with E-state index in [0.29, 0.717) is 22.0 Å². The van der Waals surface area contributed by atoms with Crippen LogP contribution in [0.4, 0.5) is 11.4 Å². The molecule has 0 saturated carbocycles. The number of nitrogens with one attached hydrogen (secondary N) is 2. The Kier molecular flexibility index (Phi) is 4.03. The standard InChI is InChI=1S/C12H14ClN5O/c1-2-18-7-9(6-15-18)16-12(19)10-5-8(13)3-4-11(10)17-14/h3-7,17H,2,14H2,1H3,(H,16,19). The van der Waals surface area contributed by atoms with E-state index in [-0.39, 0.29) is 5.91 Å². The zero-order chi connectivity index (χ0) is 13.8. The van der Waals surface area contributed by atoms with Gasteiger partial charge in [-0.3, -0.25) is 15.3 Å². The number of benzene rings is 1. The van der Waals surface area contributed by atoms with Crippen molar-refractivity contribution in [1.82, 2.24) is 9.78 Å². The van der Waals surface area contributed by atoms with Crippen molar-refractivity contribution in [2.45, 2.75) is 13.5 Å². The molecule has 19 heavy (non-hydrogen) atoms. The van der Waals surface area contributed by atoms with Crippen molar-refractivity contribution in [3.05, 3.63) is 41.2 Å². The van der Waals surface area contributed by atoms with Crippen LogP contribution in [0.1, 0.15) is 17.3 Å². The minimum Gasteiger partial charge on any atom is -0.323 e. The molecule has 4 N–H and O–H groups in total. The Hall–Kier alpha value is -2.05. The van der Waals surface area contributed by atoms with E-state index in [1.807, 2.05) is 6.92 Å². The highest BCUT2D eigenvalue weighted by Gasteiger charge is 2.12. The molecule has 0 bridgehead atoms. The lowest BCUT2D eigenvalue weighted by Crippen LogP contribution is -2.17. The number of halogens is 1. The number of rotatable bonds is 4. The summed E-state index contributed by atoms with van der Waals surface area (Å²) in [6.07, 6.45) is 3.33. The third-order valence-corrected chi connectivity index (χ3v) is 2.83. The number of nitrogen functional groups attached to an aromatic ring is 1. The van der Waals surface area contributed by atoms with Gasteiger partial charge in [-0.2, -0.15) is 5.10 Å². The summed E-state index contributed by atoms with van der Waals surface area (Å²) in [6.45, 7) is 2.70. The number of hydrazine groups is 1. The van der Waals surface area contributed by atoms with Crippen molar-refractivity contribution in [1.29, 1.82) is 0 Å². The maximum Gasteiger partial charge on any atom is 0.257 e. The Labute approximate surface area is 115 Å². The van der Waals surface area contributed by atoms with Gasteiger partial charge in [0.05, 0.1) is 23.1 Å². The Morgan fingerprint density at radius 2 is 2.32 bits per heavy atom. The van der Waals surface area contributed by atoms with Crippen molar-refractivity contribution in [3.63, 3.8) is 0 Å². The molecule has 2 rings (SSSR count). The van der Waals surface area contributed by atoms with Gasteiger partial charge in [0, 0.05) is 17.8 Å². The molecule has 0 fully saturated rings. The minimum atomic E-state index is -0.300. The van der Waals surface area contributed by atoms with Crippen molar-refractivity contribution < 1.29 is 4.79 Å². The molecule has 0 spiro atoms. The quantitative estimate of drug-likeness (QED) is 0.591. The molecule has 6 nitrogen and oxygen atoms in total. The molecule has 1 aromatic carbocycles. The highest BCUT2D eigenvalue weighted by molar-refractivity contribution is 6.31. The first-order valence-electron chi connectivity index (χ1n) is 5.74. The van der Waals surface area contributed by atoms with Crippen LogP contribution in [0.25, 0.3) is 0 Å². The Morgan fingerprint density at radius 3 is 2.95 bits per heavy atom.